The molecule has 0 bridgehead atoms. The minimum absolute atomic E-state index is 0.176. The number of alkyl carbamates (subject to hydrolysis) is 1. The van der Waals surface area contributed by atoms with Crippen LogP contribution in [0.1, 0.15) is 17.3 Å². The maximum Gasteiger partial charge on any atom is 0.413 e. The fraction of sp³-hybridized carbons (Fsp3) is 0.176. The first kappa shape index (κ1) is 19.7. The number of rotatable bonds is 5. The van der Waals surface area contributed by atoms with Gasteiger partial charge in [-0.05, 0) is 31.2 Å². The zero-order valence-corrected chi connectivity index (χ0v) is 15.5. The molecule has 1 heterocycles. The average molecular weight is 395 g/mol. The van der Waals surface area contributed by atoms with Crippen LogP contribution >= 0.6 is 23.4 Å². The van der Waals surface area contributed by atoms with Crippen LogP contribution < -0.4 is 5.32 Å². The van der Waals surface area contributed by atoms with E-state index in [0.717, 1.165) is 12.0 Å². The Hall–Kier alpha value is -2.58. The quantitative estimate of drug-likeness (QED) is 0.777. The number of halogens is 1. The van der Waals surface area contributed by atoms with Gasteiger partial charge in [-0.15, -0.1) is 0 Å². The number of methoxy groups -OCH3 is 1. The number of imide groups is 1. The number of nitrogens with zero attached hydrogens (tertiary/aromatic N) is 1. The van der Waals surface area contributed by atoms with Crippen LogP contribution in [0.5, 0.6) is 0 Å². The second-order valence-electron chi connectivity index (χ2n) is 4.92. The number of esters is 1. The molecule has 2 amide bonds. The van der Waals surface area contributed by atoms with Crippen molar-refractivity contribution < 1.29 is 23.9 Å². The van der Waals surface area contributed by atoms with Gasteiger partial charge in [0, 0.05) is 11.1 Å². The molecule has 1 aromatic heterocycles. The summed E-state index contributed by atoms with van der Waals surface area (Å²) in [4.78, 5) is 40.1. The van der Waals surface area contributed by atoms with E-state index in [2.05, 4.69) is 9.72 Å². The molecule has 9 heteroatoms. The number of aromatic nitrogens is 1. The molecule has 0 aliphatic heterocycles. The molecule has 0 saturated carbocycles. The maximum atomic E-state index is 12.4. The Morgan fingerprint density at radius 2 is 1.92 bits per heavy atom. The fourth-order valence-electron chi connectivity index (χ4n) is 1.79. The summed E-state index contributed by atoms with van der Waals surface area (Å²) in [6.45, 7) is 1.34. The first-order chi connectivity index (χ1) is 12.4. The number of ether oxygens (including phenoxy) is 2. The number of hydrogen-bond acceptors (Lipinski definition) is 7. The average Bonchev–Trinajstić information content (AvgIpc) is 2.63. The Balaban J connectivity index is 2.13. The van der Waals surface area contributed by atoms with E-state index in [1.54, 1.807) is 24.3 Å². The van der Waals surface area contributed by atoms with Crippen molar-refractivity contribution in [1.29, 1.82) is 0 Å². The standard InChI is InChI=1S/C17H15ClN2O5S/c1-10(14(21)20-17(23)24-2)25-16(22)11-6-5-9-19-15(11)26-13-8-4-3-7-12(13)18/h3-10H,1-2H3,(H,20,21,23)/t10-/m1/s1. The first-order valence-corrected chi connectivity index (χ1v) is 8.59. The van der Waals surface area contributed by atoms with Crippen molar-refractivity contribution in [2.45, 2.75) is 22.9 Å². The Morgan fingerprint density at radius 1 is 1.19 bits per heavy atom. The van der Waals surface area contributed by atoms with Crippen molar-refractivity contribution in [3.8, 4) is 0 Å². The summed E-state index contributed by atoms with van der Waals surface area (Å²) in [7, 11) is 1.12. The van der Waals surface area contributed by atoms with Crippen LogP contribution in [0, 0.1) is 0 Å². The third-order valence-electron chi connectivity index (χ3n) is 3.10. The molecule has 1 aromatic carbocycles. The van der Waals surface area contributed by atoms with Gasteiger partial charge >= 0.3 is 12.1 Å². The Labute approximate surface area is 159 Å². The number of amides is 2. The second kappa shape index (κ2) is 9.21. The van der Waals surface area contributed by atoms with Crippen molar-refractivity contribution >= 4 is 41.3 Å². The molecule has 7 nitrogen and oxygen atoms in total. The fourth-order valence-corrected chi connectivity index (χ4v) is 2.94. The third-order valence-corrected chi connectivity index (χ3v) is 4.63. The molecule has 0 aliphatic rings. The SMILES string of the molecule is COC(=O)NC(=O)[C@@H](C)OC(=O)c1cccnc1Sc1ccccc1Cl. The Bertz CT molecular complexity index is 830. The van der Waals surface area contributed by atoms with Crippen LogP contribution in [0.3, 0.4) is 0 Å². The van der Waals surface area contributed by atoms with Gasteiger partial charge in [-0.2, -0.15) is 0 Å². The summed E-state index contributed by atoms with van der Waals surface area (Å²) >= 11 is 7.33. The number of hydrogen-bond donors (Lipinski definition) is 1. The van der Waals surface area contributed by atoms with Crippen molar-refractivity contribution in [1.82, 2.24) is 10.3 Å². The minimum atomic E-state index is -1.19. The van der Waals surface area contributed by atoms with Gasteiger partial charge in [0.05, 0.1) is 17.7 Å². The van der Waals surface area contributed by atoms with E-state index in [1.165, 1.54) is 30.9 Å². The molecule has 0 spiro atoms. The number of nitrogens with one attached hydrogen (secondary N) is 1. The lowest BCUT2D eigenvalue weighted by atomic mass is 10.3. The summed E-state index contributed by atoms with van der Waals surface area (Å²) in [5, 5.41) is 2.83. The molecule has 0 unspecified atom stereocenters. The number of carbonyl (C=O) groups excluding carboxylic acids is 3. The molecule has 0 fully saturated rings. The monoisotopic (exact) mass is 394 g/mol. The van der Waals surface area contributed by atoms with Gasteiger partial charge in [0.1, 0.15) is 5.03 Å². The molecule has 0 radical (unpaired) electrons. The molecular formula is C17H15ClN2O5S. The topological polar surface area (TPSA) is 94.6 Å². The lowest BCUT2D eigenvalue weighted by Crippen LogP contribution is -2.39. The summed E-state index contributed by atoms with van der Waals surface area (Å²) in [6, 6.07) is 10.2. The van der Waals surface area contributed by atoms with E-state index in [0.29, 0.717) is 10.0 Å². The van der Waals surface area contributed by atoms with Crippen LogP contribution in [0.4, 0.5) is 4.79 Å². The molecular weight excluding hydrogens is 380 g/mol. The smallest absolute Gasteiger partial charge is 0.413 e. The van der Waals surface area contributed by atoms with Gasteiger partial charge in [-0.25, -0.2) is 14.6 Å². The Morgan fingerprint density at radius 3 is 2.62 bits per heavy atom. The van der Waals surface area contributed by atoms with Crippen molar-refractivity contribution in [2.24, 2.45) is 0 Å². The van der Waals surface area contributed by atoms with Crippen LogP contribution in [-0.4, -0.2) is 36.2 Å². The predicted octanol–water partition coefficient (Wildman–Crippen LogP) is 3.31. The molecule has 0 saturated heterocycles. The highest BCUT2D eigenvalue weighted by Crippen LogP contribution is 2.33. The van der Waals surface area contributed by atoms with Crippen molar-refractivity contribution in [3.05, 3.63) is 53.2 Å². The lowest BCUT2D eigenvalue weighted by molar-refractivity contribution is -0.128. The number of pyridine rings is 1. The largest absolute Gasteiger partial charge is 0.453 e. The van der Waals surface area contributed by atoms with E-state index >= 15 is 0 Å². The van der Waals surface area contributed by atoms with Crippen LogP contribution in [0.15, 0.2) is 52.5 Å². The van der Waals surface area contributed by atoms with E-state index in [9.17, 15) is 14.4 Å². The normalized spacial score (nSPS) is 11.3. The zero-order valence-electron chi connectivity index (χ0n) is 13.9. The molecule has 2 rings (SSSR count). The summed E-state index contributed by atoms with van der Waals surface area (Å²) in [6.07, 6.45) is -0.599. The van der Waals surface area contributed by atoms with E-state index in [4.69, 9.17) is 16.3 Å². The highest BCUT2D eigenvalue weighted by atomic mass is 35.5. The van der Waals surface area contributed by atoms with Gasteiger partial charge < -0.3 is 9.47 Å². The molecule has 2 aromatic rings. The molecule has 0 aliphatic carbocycles. The van der Waals surface area contributed by atoms with Gasteiger partial charge in [0.2, 0.25) is 0 Å². The van der Waals surface area contributed by atoms with E-state index in [1.807, 2.05) is 11.4 Å². The zero-order chi connectivity index (χ0) is 19.1. The molecule has 1 atom stereocenters. The van der Waals surface area contributed by atoms with E-state index in [-0.39, 0.29) is 5.56 Å². The predicted molar refractivity (Wildman–Crippen MR) is 95.2 cm³/mol. The van der Waals surface area contributed by atoms with Gasteiger partial charge in [0.25, 0.3) is 5.91 Å². The maximum absolute atomic E-state index is 12.4. The highest BCUT2D eigenvalue weighted by Gasteiger charge is 2.23. The highest BCUT2D eigenvalue weighted by molar-refractivity contribution is 7.99. The first-order valence-electron chi connectivity index (χ1n) is 7.39. The molecule has 136 valence electrons. The summed E-state index contributed by atoms with van der Waals surface area (Å²) < 4.78 is 9.43. The summed E-state index contributed by atoms with van der Waals surface area (Å²) in [5.41, 5.74) is 0.176. The Kier molecular flexibility index (Phi) is 6.99. The second-order valence-corrected chi connectivity index (χ2v) is 6.35. The minimum Gasteiger partial charge on any atom is -0.453 e. The molecule has 1 N–H and O–H groups in total. The van der Waals surface area contributed by atoms with E-state index < -0.39 is 24.1 Å². The van der Waals surface area contributed by atoms with Crippen molar-refractivity contribution in [2.75, 3.05) is 7.11 Å². The van der Waals surface area contributed by atoms with Gasteiger partial charge in [-0.1, -0.05) is 35.5 Å². The van der Waals surface area contributed by atoms with Crippen LogP contribution in [0.25, 0.3) is 0 Å². The van der Waals surface area contributed by atoms with Gasteiger partial charge in [-0.3, -0.25) is 10.1 Å². The molecule has 26 heavy (non-hydrogen) atoms. The van der Waals surface area contributed by atoms with Crippen LogP contribution in [-0.2, 0) is 14.3 Å². The van der Waals surface area contributed by atoms with Gasteiger partial charge in [0.15, 0.2) is 6.10 Å². The van der Waals surface area contributed by atoms with Crippen molar-refractivity contribution in [3.63, 3.8) is 0 Å². The lowest BCUT2D eigenvalue weighted by Gasteiger charge is -2.13. The number of carbonyl (C=O) groups is 3. The third kappa shape index (κ3) is 5.21. The van der Waals surface area contributed by atoms with Crippen LogP contribution in [0.2, 0.25) is 5.02 Å². The summed E-state index contributed by atoms with van der Waals surface area (Å²) in [5.74, 6) is -1.55. The number of benzene rings is 1.